The summed E-state index contributed by atoms with van der Waals surface area (Å²) in [6.07, 6.45) is 1.24. The number of benzene rings is 2. The Labute approximate surface area is 204 Å². The molecule has 2 aromatic rings. The van der Waals surface area contributed by atoms with E-state index in [0.29, 0.717) is 23.5 Å². The number of sulfonamides is 1. The van der Waals surface area contributed by atoms with Crippen LogP contribution in [-0.4, -0.2) is 33.6 Å². The number of nitrogens with one attached hydrogen (secondary N) is 2. The van der Waals surface area contributed by atoms with Crippen molar-refractivity contribution in [3.63, 3.8) is 0 Å². The van der Waals surface area contributed by atoms with Gasteiger partial charge in [0, 0.05) is 5.56 Å². The highest BCUT2D eigenvalue weighted by Crippen LogP contribution is 2.44. The Kier molecular flexibility index (Phi) is 6.02. The predicted octanol–water partition coefficient (Wildman–Crippen LogP) is 3.06. The molecule has 0 radical (unpaired) electrons. The van der Waals surface area contributed by atoms with Gasteiger partial charge in [-0.3, -0.25) is 9.52 Å². The molecule has 12 heteroatoms. The summed E-state index contributed by atoms with van der Waals surface area (Å²) in [4.78, 5) is 13.5. The maximum atomic E-state index is 13.8. The number of carbonyl (C=O) groups excluding carboxylic acids is 1. The average molecular weight is 519 g/mol. The third-order valence-corrected chi connectivity index (χ3v) is 8.02. The van der Waals surface area contributed by atoms with E-state index >= 15 is 0 Å². The van der Waals surface area contributed by atoms with Crippen molar-refractivity contribution in [2.24, 2.45) is 15.5 Å². The molecule has 1 unspecified atom stereocenters. The summed E-state index contributed by atoms with van der Waals surface area (Å²) in [5.41, 5.74) is -0.0954. The van der Waals surface area contributed by atoms with Crippen LogP contribution in [-0.2, 0) is 30.4 Å². The number of rotatable bonds is 6. The van der Waals surface area contributed by atoms with Crippen LogP contribution in [0.15, 0.2) is 57.3 Å². The zero-order valence-corrected chi connectivity index (χ0v) is 21.0. The number of nitrogens with two attached hydrogens (primary N) is 1. The van der Waals surface area contributed by atoms with Crippen molar-refractivity contribution in [1.82, 2.24) is 0 Å². The summed E-state index contributed by atoms with van der Waals surface area (Å²) in [7, 11) is -8.48. The van der Waals surface area contributed by atoms with Gasteiger partial charge >= 0.3 is 0 Å². The fourth-order valence-corrected chi connectivity index (χ4v) is 5.96. The summed E-state index contributed by atoms with van der Waals surface area (Å²) in [6.45, 7) is 5.89. The third-order valence-electron chi connectivity index (χ3n) is 6.18. The molecule has 0 fully saturated rings. The maximum Gasteiger partial charge on any atom is 0.296 e. The number of amidine groups is 1. The second-order valence-corrected chi connectivity index (χ2v) is 12.1. The number of Topliss-reactive ketones (excluding diaryl/α,β-unsaturated/α-hetero) is 1. The first-order valence-electron chi connectivity index (χ1n) is 10.9. The first-order chi connectivity index (χ1) is 16.2. The predicted molar refractivity (Wildman–Crippen MR) is 134 cm³/mol. The van der Waals surface area contributed by atoms with Gasteiger partial charge in [-0.05, 0) is 49.4 Å². The molecule has 2 aliphatic rings. The minimum absolute atomic E-state index is 0.0683. The van der Waals surface area contributed by atoms with Crippen molar-refractivity contribution in [1.29, 1.82) is 0 Å². The fourth-order valence-electron chi connectivity index (χ4n) is 4.35. The van der Waals surface area contributed by atoms with Crippen LogP contribution in [0.3, 0.4) is 0 Å². The molecule has 35 heavy (non-hydrogen) atoms. The van der Waals surface area contributed by atoms with E-state index in [2.05, 4.69) is 9.71 Å². The second kappa shape index (κ2) is 8.47. The number of aliphatic hydroxyl groups is 1. The van der Waals surface area contributed by atoms with Crippen LogP contribution in [0.2, 0.25) is 0 Å². The lowest BCUT2D eigenvalue weighted by Crippen LogP contribution is -2.42. The number of aliphatic hydroxyl groups excluding tert-OH is 1. The number of hydrogen-bond acceptors (Lipinski definition) is 7. The number of fused-ring (bicyclic) bond motifs is 2. The van der Waals surface area contributed by atoms with Crippen LogP contribution in [0.5, 0.6) is 0 Å². The molecule has 0 saturated heterocycles. The Morgan fingerprint density at radius 3 is 2.54 bits per heavy atom. The first kappa shape index (κ1) is 24.9. The summed E-state index contributed by atoms with van der Waals surface area (Å²) in [5.74, 6) is -0.762. The van der Waals surface area contributed by atoms with E-state index in [0.717, 1.165) is 12.5 Å². The molecule has 1 aliphatic heterocycles. The van der Waals surface area contributed by atoms with E-state index in [4.69, 9.17) is 5.14 Å². The lowest BCUT2D eigenvalue weighted by Gasteiger charge is -2.36. The Morgan fingerprint density at radius 1 is 1.20 bits per heavy atom. The molecule has 1 atom stereocenters. The first-order valence-corrected chi connectivity index (χ1v) is 13.9. The second-order valence-electron chi connectivity index (χ2n) is 9.26. The van der Waals surface area contributed by atoms with Gasteiger partial charge in [-0.1, -0.05) is 38.1 Å². The number of nitrogens with zero attached hydrogens (tertiary/aromatic N) is 1. The van der Waals surface area contributed by atoms with Crippen LogP contribution >= 0.6 is 0 Å². The number of ketones is 1. The van der Waals surface area contributed by atoms with Gasteiger partial charge in [0.15, 0.2) is 11.6 Å². The van der Waals surface area contributed by atoms with Gasteiger partial charge in [0.2, 0.25) is 0 Å². The number of anilines is 2. The minimum Gasteiger partial charge on any atom is -0.506 e. The summed E-state index contributed by atoms with van der Waals surface area (Å²) >= 11 is 0. The highest BCUT2D eigenvalue weighted by molar-refractivity contribution is 7.91. The highest BCUT2D eigenvalue weighted by atomic mass is 32.2. The van der Waals surface area contributed by atoms with Crippen LogP contribution in [0.25, 0.3) is 5.76 Å². The summed E-state index contributed by atoms with van der Waals surface area (Å²) < 4.78 is 54.5. The molecule has 0 bridgehead atoms. The molecular weight excluding hydrogens is 492 g/mol. The van der Waals surface area contributed by atoms with Crippen molar-refractivity contribution >= 4 is 49.0 Å². The van der Waals surface area contributed by atoms with Gasteiger partial charge in [0.1, 0.15) is 16.2 Å². The van der Waals surface area contributed by atoms with E-state index in [9.17, 15) is 26.7 Å². The monoisotopic (exact) mass is 518 g/mol. The smallest absolute Gasteiger partial charge is 0.296 e. The van der Waals surface area contributed by atoms with Crippen molar-refractivity contribution in [3.8, 4) is 0 Å². The molecule has 4 rings (SSSR count). The molecule has 2 aromatic carbocycles. The van der Waals surface area contributed by atoms with Crippen molar-refractivity contribution in [3.05, 3.63) is 59.2 Å². The molecule has 10 nitrogen and oxygen atoms in total. The zero-order valence-electron chi connectivity index (χ0n) is 19.4. The Balaban J connectivity index is 1.84. The van der Waals surface area contributed by atoms with Crippen LogP contribution < -0.4 is 15.2 Å². The van der Waals surface area contributed by atoms with Crippen molar-refractivity contribution < 1.29 is 26.7 Å². The van der Waals surface area contributed by atoms with Gasteiger partial charge < -0.3 is 10.4 Å². The van der Waals surface area contributed by atoms with Crippen LogP contribution in [0, 0.1) is 5.92 Å². The standard InChI is InChI=1S/C23H26N4O6S2/c1-13(2)10-11-23(3)16-7-5-4-6-15(16)20(28)19(21(23)29)22-25-17-9-8-14(26-35(24,32)33)12-18(17)34(30,31)27-22/h4-9,12-13,26,28H,10-11H2,1-3H3,(H,25,27)(H2,24,32,33). The fraction of sp³-hybridized carbons (Fsp3) is 0.304. The van der Waals surface area contributed by atoms with E-state index < -0.39 is 31.4 Å². The molecule has 0 amide bonds. The van der Waals surface area contributed by atoms with E-state index in [-0.39, 0.29) is 33.4 Å². The van der Waals surface area contributed by atoms with E-state index in [1.807, 2.05) is 18.6 Å². The van der Waals surface area contributed by atoms with Crippen LogP contribution in [0.4, 0.5) is 11.4 Å². The lowest BCUT2D eigenvalue weighted by atomic mass is 9.66. The molecule has 1 heterocycles. The van der Waals surface area contributed by atoms with Gasteiger partial charge in [-0.25, -0.2) is 5.14 Å². The average Bonchev–Trinajstić information content (AvgIpc) is 2.76. The molecule has 5 N–H and O–H groups in total. The number of carbonyl (C=O) groups is 1. The minimum atomic E-state index is -4.35. The molecule has 1 aliphatic carbocycles. The molecule has 0 saturated carbocycles. The Morgan fingerprint density at radius 2 is 1.89 bits per heavy atom. The number of hydrogen-bond donors (Lipinski definition) is 4. The third kappa shape index (κ3) is 4.56. The molecule has 0 spiro atoms. The van der Waals surface area contributed by atoms with Crippen LogP contribution in [0.1, 0.15) is 44.7 Å². The largest absolute Gasteiger partial charge is 0.506 e. The normalized spacial score (nSPS) is 21.2. The van der Waals surface area contributed by atoms with Gasteiger partial charge in [0.05, 0.1) is 16.8 Å². The van der Waals surface area contributed by atoms with Gasteiger partial charge in [-0.15, -0.1) is 4.40 Å². The highest BCUT2D eigenvalue weighted by Gasteiger charge is 2.46. The summed E-state index contributed by atoms with van der Waals surface area (Å²) in [6, 6.07) is 10.7. The summed E-state index contributed by atoms with van der Waals surface area (Å²) in [5, 5.41) is 18.9. The van der Waals surface area contributed by atoms with E-state index in [1.54, 1.807) is 31.2 Å². The van der Waals surface area contributed by atoms with Crippen molar-refractivity contribution in [2.75, 3.05) is 10.0 Å². The quantitative estimate of drug-likeness (QED) is 0.455. The molecule has 186 valence electrons. The SMILES string of the molecule is CC(C)CCC1(C)C(=O)C(C2=NS(=O)(=O)c3cc(NS(N)(=O)=O)ccc3N2)=C(O)c2ccccc21. The Hall–Kier alpha value is -3.22. The zero-order chi connectivity index (χ0) is 25.8. The topological polar surface area (TPSA) is 168 Å². The van der Waals surface area contributed by atoms with E-state index in [1.165, 1.54) is 12.1 Å². The maximum absolute atomic E-state index is 13.8. The molecular formula is C23H26N4O6S2. The lowest BCUT2D eigenvalue weighted by molar-refractivity contribution is -0.120. The Bertz CT molecular complexity index is 1510. The van der Waals surface area contributed by atoms with Gasteiger partial charge in [-0.2, -0.15) is 16.8 Å². The van der Waals surface area contributed by atoms with Crippen molar-refractivity contribution in [2.45, 2.75) is 43.9 Å². The van der Waals surface area contributed by atoms with Gasteiger partial charge in [0.25, 0.3) is 20.2 Å². The molecule has 0 aromatic heterocycles.